The summed E-state index contributed by atoms with van der Waals surface area (Å²) in [5.41, 5.74) is 9.91. The van der Waals surface area contributed by atoms with Gasteiger partial charge >= 0.3 is 5.97 Å². The van der Waals surface area contributed by atoms with E-state index in [-0.39, 0.29) is 12.3 Å². The zero-order valence-electron chi connectivity index (χ0n) is 15.3. The van der Waals surface area contributed by atoms with E-state index in [1.165, 1.54) is 6.92 Å². The lowest BCUT2D eigenvalue weighted by Gasteiger charge is -2.35. The largest absolute Gasteiger partial charge is 0.480 e. The molecule has 0 radical (unpaired) electrons. The molecule has 0 amide bonds. The third kappa shape index (κ3) is 4.77. The molecule has 2 aromatic rings. The zero-order valence-corrected chi connectivity index (χ0v) is 15.3. The Morgan fingerprint density at radius 2 is 1.85 bits per heavy atom. The first-order chi connectivity index (χ1) is 12.9. The zero-order chi connectivity index (χ0) is 19.4. The Kier molecular flexibility index (Phi) is 5.61. The highest BCUT2D eigenvalue weighted by Gasteiger charge is 2.19. The summed E-state index contributed by atoms with van der Waals surface area (Å²) in [7, 11) is 0. The van der Waals surface area contributed by atoms with Gasteiger partial charge in [0, 0.05) is 43.1 Å². The summed E-state index contributed by atoms with van der Waals surface area (Å²) in [6.45, 7) is 4.62. The Balaban J connectivity index is 1.68. The van der Waals surface area contributed by atoms with Crippen LogP contribution in [0, 0.1) is 0 Å². The molecule has 2 aromatic carbocycles. The average Bonchev–Trinajstić information content (AvgIpc) is 2.63. The Morgan fingerprint density at radius 1 is 1.11 bits per heavy atom. The van der Waals surface area contributed by atoms with E-state index in [0.717, 1.165) is 43.2 Å². The highest BCUT2D eigenvalue weighted by atomic mass is 16.4. The van der Waals surface area contributed by atoms with E-state index in [0.29, 0.717) is 11.3 Å². The predicted octanol–water partition coefficient (Wildman–Crippen LogP) is 2.42. The average molecular weight is 368 g/mol. The fourth-order valence-corrected chi connectivity index (χ4v) is 3.19. The Labute approximate surface area is 158 Å². The number of carboxylic acid groups (broad SMARTS) is 1. The molecule has 27 heavy (non-hydrogen) atoms. The van der Waals surface area contributed by atoms with Crippen LogP contribution in [0.5, 0.6) is 0 Å². The van der Waals surface area contributed by atoms with Crippen LogP contribution in [0.1, 0.15) is 17.3 Å². The number of hydrogen-bond acceptors (Lipinski definition) is 6. The topological polar surface area (TPSA) is 98.9 Å². The van der Waals surface area contributed by atoms with Gasteiger partial charge in [-0.25, -0.2) is 0 Å². The van der Waals surface area contributed by atoms with Gasteiger partial charge in [-0.1, -0.05) is 6.07 Å². The van der Waals surface area contributed by atoms with Crippen molar-refractivity contribution >= 4 is 34.5 Å². The van der Waals surface area contributed by atoms with Gasteiger partial charge in [0.2, 0.25) is 0 Å². The fourth-order valence-electron chi connectivity index (χ4n) is 3.19. The minimum Gasteiger partial charge on any atom is -0.480 e. The van der Waals surface area contributed by atoms with Gasteiger partial charge in [0.25, 0.3) is 0 Å². The number of piperazine rings is 1. The number of carbonyl (C=O) groups is 2. The van der Waals surface area contributed by atoms with Gasteiger partial charge in [0.05, 0.1) is 17.9 Å². The molecule has 0 saturated carbocycles. The smallest absolute Gasteiger partial charge is 0.317 e. The summed E-state index contributed by atoms with van der Waals surface area (Å²) in [5.74, 6) is -0.805. The molecule has 4 N–H and O–H groups in total. The number of aliphatic carboxylic acids is 1. The lowest BCUT2D eigenvalue weighted by Crippen LogP contribution is -2.47. The number of nitrogens with two attached hydrogens (primary N) is 1. The Morgan fingerprint density at radius 3 is 2.48 bits per heavy atom. The molecule has 0 unspecified atom stereocenters. The highest BCUT2D eigenvalue weighted by Crippen LogP contribution is 2.27. The lowest BCUT2D eigenvalue weighted by molar-refractivity contribution is -0.138. The van der Waals surface area contributed by atoms with Crippen LogP contribution in [0.3, 0.4) is 0 Å². The number of Topliss-reactive ketones (excluding diaryl/α,β-unsaturated/α-hetero) is 1. The molecule has 0 spiro atoms. The summed E-state index contributed by atoms with van der Waals surface area (Å²) in [6, 6.07) is 13.3. The quantitative estimate of drug-likeness (QED) is 0.532. The Hall–Kier alpha value is -3.06. The van der Waals surface area contributed by atoms with Gasteiger partial charge in [-0.2, -0.15) is 0 Å². The third-order valence-corrected chi connectivity index (χ3v) is 4.68. The van der Waals surface area contributed by atoms with Gasteiger partial charge in [-0.15, -0.1) is 0 Å². The van der Waals surface area contributed by atoms with Gasteiger partial charge in [-0.3, -0.25) is 14.5 Å². The second-order valence-corrected chi connectivity index (χ2v) is 6.69. The van der Waals surface area contributed by atoms with Crippen molar-refractivity contribution in [2.24, 2.45) is 0 Å². The maximum Gasteiger partial charge on any atom is 0.317 e. The van der Waals surface area contributed by atoms with Crippen molar-refractivity contribution in [2.75, 3.05) is 48.7 Å². The standard InChI is InChI=1S/C20H24N4O3/c1-14(25)15-5-6-19(18(21)11-15)22-16-3-2-4-17(12-16)24-9-7-23(8-10-24)13-20(26)27/h2-6,11-12,22H,7-10,13,21H2,1H3,(H,26,27). The van der Waals surface area contributed by atoms with E-state index in [9.17, 15) is 9.59 Å². The molecule has 1 aliphatic rings. The van der Waals surface area contributed by atoms with Crippen molar-refractivity contribution in [3.63, 3.8) is 0 Å². The van der Waals surface area contributed by atoms with Crippen LogP contribution >= 0.6 is 0 Å². The summed E-state index contributed by atoms with van der Waals surface area (Å²) in [5, 5.41) is 12.2. The maximum absolute atomic E-state index is 11.5. The lowest BCUT2D eigenvalue weighted by atomic mass is 10.1. The summed E-state index contributed by atoms with van der Waals surface area (Å²) < 4.78 is 0. The monoisotopic (exact) mass is 368 g/mol. The molecule has 0 bridgehead atoms. The van der Waals surface area contributed by atoms with Crippen LogP contribution in [-0.2, 0) is 4.79 Å². The maximum atomic E-state index is 11.5. The molecule has 1 heterocycles. The van der Waals surface area contributed by atoms with Crippen molar-refractivity contribution in [1.29, 1.82) is 0 Å². The first kappa shape index (κ1) is 18.7. The SMILES string of the molecule is CC(=O)c1ccc(Nc2cccc(N3CCN(CC(=O)O)CC3)c2)c(N)c1. The molecule has 1 fully saturated rings. The minimum absolute atomic E-state index is 0.0164. The number of benzene rings is 2. The van der Waals surface area contributed by atoms with Crippen LogP contribution in [0.4, 0.5) is 22.7 Å². The second kappa shape index (κ2) is 8.09. The molecule has 0 atom stereocenters. The number of nitrogen functional groups attached to an aromatic ring is 1. The molecule has 142 valence electrons. The molecular formula is C20H24N4O3. The molecule has 1 saturated heterocycles. The number of carboxylic acids is 1. The fraction of sp³-hybridized carbons (Fsp3) is 0.300. The number of nitrogens with one attached hydrogen (secondary N) is 1. The van der Waals surface area contributed by atoms with Crippen molar-refractivity contribution in [2.45, 2.75) is 6.92 Å². The van der Waals surface area contributed by atoms with Crippen LogP contribution in [0.25, 0.3) is 0 Å². The number of anilines is 4. The van der Waals surface area contributed by atoms with E-state index < -0.39 is 5.97 Å². The van der Waals surface area contributed by atoms with Gasteiger partial charge in [0.15, 0.2) is 5.78 Å². The van der Waals surface area contributed by atoms with Crippen LogP contribution in [0.2, 0.25) is 0 Å². The van der Waals surface area contributed by atoms with Gasteiger partial charge in [-0.05, 0) is 43.3 Å². The highest BCUT2D eigenvalue weighted by molar-refractivity contribution is 5.96. The summed E-state index contributed by atoms with van der Waals surface area (Å²) >= 11 is 0. The van der Waals surface area contributed by atoms with E-state index in [2.05, 4.69) is 10.2 Å². The third-order valence-electron chi connectivity index (χ3n) is 4.68. The number of carbonyl (C=O) groups excluding carboxylic acids is 1. The van der Waals surface area contributed by atoms with E-state index in [1.54, 1.807) is 12.1 Å². The van der Waals surface area contributed by atoms with E-state index >= 15 is 0 Å². The van der Waals surface area contributed by atoms with Crippen LogP contribution in [0.15, 0.2) is 42.5 Å². The van der Waals surface area contributed by atoms with Gasteiger partial charge in [0.1, 0.15) is 0 Å². The molecule has 0 aliphatic carbocycles. The summed E-state index contributed by atoms with van der Waals surface area (Å²) in [4.78, 5) is 26.5. The number of ketones is 1. The minimum atomic E-state index is -0.789. The van der Waals surface area contributed by atoms with E-state index in [4.69, 9.17) is 10.8 Å². The second-order valence-electron chi connectivity index (χ2n) is 6.69. The predicted molar refractivity (Wildman–Crippen MR) is 107 cm³/mol. The Bertz CT molecular complexity index is 845. The molecular weight excluding hydrogens is 344 g/mol. The van der Waals surface area contributed by atoms with Gasteiger partial charge < -0.3 is 21.1 Å². The molecule has 3 rings (SSSR count). The normalized spacial score (nSPS) is 14.8. The first-order valence-electron chi connectivity index (χ1n) is 8.89. The number of nitrogens with zero attached hydrogens (tertiary/aromatic N) is 2. The molecule has 7 nitrogen and oxygen atoms in total. The van der Waals surface area contributed by atoms with Crippen LogP contribution < -0.4 is 16.0 Å². The first-order valence-corrected chi connectivity index (χ1v) is 8.89. The summed E-state index contributed by atoms with van der Waals surface area (Å²) in [6.07, 6.45) is 0. The van der Waals surface area contributed by atoms with Crippen molar-refractivity contribution in [3.05, 3.63) is 48.0 Å². The van der Waals surface area contributed by atoms with Crippen LogP contribution in [-0.4, -0.2) is 54.5 Å². The van der Waals surface area contributed by atoms with Crippen molar-refractivity contribution in [1.82, 2.24) is 4.90 Å². The number of rotatable bonds is 6. The van der Waals surface area contributed by atoms with Crippen molar-refractivity contribution in [3.8, 4) is 0 Å². The van der Waals surface area contributed by atoms with Crippen molar-refractivity contribution < 1.29 is 14.7 Å². The number of hydrogen-bond donors (Lipinski definition) is 3. The molecule has 1 aliphatic heterocycles. The molecule has 0 aromatic heterocycles. The molecule has 7 heteroatoms. The van der Waals surface area contributed by atoms with E-state index in [1.807, 2.05) is 35.2 Å².